The van der Waals surface area contributed by atoms with E-state index in [0.717, 1.165) is 9.37 Å². The van der Waals surface area contributed by atoms with Crippen LogP contribution in [-0.4, -0.2) is 61.4 Å². The van der Waals surface area contributed by atoms with Crippen LogP contribution in [0.2, 0.25) is 0 Å². The SMILES string of the molecule is CN(CN1C(=O)NC(C)(c2ccc(Br)cc2)C1=O)C1CCS(=O)(=O)C1. The molecule has 2 aliphatic rings. The number of sulfone groups is 1. The smallest absolute Gasteiger partial charge is 0.319 e. The van der Waals surface area contributed by atoms with E-state index in [2.05, 4.69) is 21.2 Å². The molecule has 2 unspecified atom stereocenters. The fourth-order valence-corrected chi connectivity index (χ4v) is 5.34. The zero-order valence-corrected chi connectivity index (χ0v) is 16.4. The highest BCUT2D eigenvalue weighted by molar-refractivity contribution is 9.10. The Morgan fingerprint density at radius 2 is 1.96 bits per heavy atom. The van der Waals surface area contributed by atoms with Crippen LogP contribution < -0.4 is 5.32 Å². The molecule has 2 saturated heterocycles. The van der Waals surface area contributed by atoms with Crippen LogP contribution in [0.25, 0.3) is 0 Å². The molecule has 2 aliphatic heterocycles. The fraction of sp³-hybridized carbons (Fsp3) is 0.500. The highest BCUT2D eigenvalue weighted by atomic mass is 79.9. The number of benzene rings is 1. The van der Waals surface area contributed by atoms with E-state index in [1.165, 1.54) is 0 Å². The molecule has 1 aromatic carbocycles. The normalized spacial score (nSPS) is 28.6. The third kappa shape index (κ3) is 3.45. The maximum atomic E-state index is 12.9. The van der Waals surface area contributed by atoms with Gasteiger partial charge in [-0.3, -0.25) is 9.69 Å². The maximum Gasteiger partial charge on any atom is 0.326 e. The standard InChI is InChI=1S/C16H20BrN3O4S/c1-16(11-3-5-12(17)6-4-11)14(21)20(15(22)18-16)10-19(2)13-7-8-25(23,24)9-13/h3-6,13H,7-10H2,1-2H3,(H,18,22). The number of hydrogen-bond donors (Lipinski definition) is 1. The molecule has 0 radical (unpaired) electrons. The Morgan fingerprint density at radius 1 is 1.32 bits per heavy atom. The number of halogens is 1. The summed E-state index contributed by atoms with van der Waals surface area (Å²) in [6.45, 7) is 1.74. The van der Waals surface area contributed by atoms with E-state index < -0.39 is 21.4 Å². The first-order valence-electron chi connectivity index (χ1n) is 7.93. The number of nitrogens with one attached hydrogen (secondary N) is 1. The highest BCUT2D eigenvalue weighted by Gasteiger charge is 2.49. The van der Waals surface area contributed by atoms with Gasteiger partial charge in [-0.25, -0.2) is 18.1 Å². The highest BCUT2D eigenvalue weighted by Crippen LogP contribution is 2.30. The van der Waals surface area contributed by atoms with E-state index in [1.807, 2.05) is 12.1 Å². The van der Waals surface area contributed by atoms with Crippen LogP contribution in [0.4, 0.5) is 4.79 Å². The Morgan fingerprint density at radius 3 is 2.52 bits per heavy atom. The van der Waals surface area contributed by atoms with Crippen molar-refractivity contribution in [2.24, 2.45) is 0 Å². The van der Waals surface area contributed by atoms with Crippen LogP contribution in [0.3, 0.4) is 0 Å². The molecular weight excluding hydrogens is 410 g/mol. The lowest BCUT2D eigenvalue weighted by molar-refractivity contribution is -0.132. The van der Waals surface area contributed by atoms with Crippen LogP contribution in [0.15, 0.2) is 28.7 Å². The molecule has 2 atom stereocenters. The number of hydrogen-bond acceptors (Lipinski definition) is 5. The summed E-state index contributed by atoms with van der Waals surface area (Å²) in [5.74, 6) is -0.122. The van der Waals surface area contributed by atoms with Gasteiger partial charge in [-0.05, 0) is 38.1 Å². The molecular formula is C16H20BrN3O4S. The first-order chi connectivity index (χ1) is 11.6. The number of imide groups is 1. The number of carbonyl (C=O) groups is 2. The van der Waals surface area contributed by atoms with Gasteiger partial charge in [0.15, 0.2) is 9.84 Å². The lowest BCUT2D eigenvalue weighted by Crippen LogP contribution is -2.46. The molecule has 136 valence electrons. The summed E-state index contributed by atoms with van der Waals surface area (Å²) in [5, 5.41) is 2.76. The van der Waals surface area contributed by atoms with Gasteiger partial charge in [0.1, 0.15) is 5.54 Å². The van der Waals surface area contributed by atoms with Crippen LogP contribution in [0, 0.1) is 0 Å². The minimum absolute atomic E-state index is 0.0664. The quantitative estimate of drug-likeness (QED) is 0.728. The average molecular weight is 430 g/mol. The Labute approximate surface area is 155 Å². The summed E-state index contributed by atoms with van der Waals surface area (Å²) in [4.78, 5) is 28.1. The van der Waals surface area contributed by atoms with Gasteiger partial charge in [-0.2, -0.15) is 0 Å². The second kappa shape index (κ2) is 6.37. The second-order valence-electron chi connectivity index (χ2n) is 6.75. The molecule has 0 aromatic heterocycles. The zero-order valence-electron chi connectivity index (χ0n) is 14.0. The Bertz CT molecular complexity index is 811. The largest absolute Gasteiger partial charge is 0.326 e. The first kappa shape index (κ1) is 18.3. The van der Waals surface area contributed by atoms with Crippen molar-refractivity contribution in [2.75, 3.05) is 25.2 Å². The van der Waals surface area contributed by atoms with Crippen LogP contribution in [0.5, 0.6) is 0 Å². The van der Waals surface area contributed by atoms with Crippen molar-refractivity contribution in [1.82, 2.24) is 15.1 Å². The summed E-state index contributed by atoms with van der Waals surface area (Å²) in [5.41, 5.74) is -0.428. The van der Waals surface area contributed by atoms with Gasteiger partial charge in [0.2, 0.25) is 0 Å². The predicted molar refractivity (Wildman–Crippen MR) is 96.6 cm³/mol. The van der Waals surface area contributed by atoms with E-state index >= 15 is 0 Å². The topological polar surface area (TPSA) is 86.8 Å². The van der Waals surface area contributed by atoms with Gasteiger partial charge in [-0.15, -0.1) is 0 Å². The van der Waals surface area contributed by atoms with Gasteiger partial charge in [0, 0.05) is 10.5 Å². The van der Waals surface area contributed by atoms with Gasteiger partial charge in [0.25, 0.3) is 5.91 Å². The van der Waals surface area contributed by atoms with E-state index in [4.69, 9.17) is 0 Å². The molecule has 25 heavy (non-hydrogen) atoms. The third-order valence-corrected chi connectivity index (χ3v) is 7.17. The summed E-state index contributed by atoms with van der Waals surface area (Å²) < 4.78 is 24.2. The average Bonchev–Trinajstić information content (AvgIpc) is 3.01. The van der Waals surface area contributed by atoms with Crippen LogP contribution in [-0.2, 0) is 20.2 Å². The summed E-state index contributed by atoms with van der Waals surface area (Å²) in [7, 11) is -1.28. The minimum Gasteiger partial charge on any atom is -0.319 e. The predicted octanol–water partition coefficient (Wildman–Crippen LogP) is 1.29. The number of rotatable bonds is 4. The van der Waals surface area contributed by atoms with Gasteiger partial charge in [-0.1, -0.05) is 28.1 Å². The van der Waals surface area contributed by atoms with Crippen LogP contribution >= 0.6 is 15.9 Å². The van der Waals surface area contributed by atoms with E-state index in [-0.39, 0.29) is 30.1 Å². The molecule has 0 aliphatic carbocycles. The summed E-state index contributed by atoms with van der Waals surface area (Å²) in [6, 6.07) is 6.57. The third-order valence-electron chi connectivity index (χ3n) is 4.89. The van der Waals surface area contributed by atoms with E-state index in [0.29, 0.717) is 12.0 Å². The van der Waals surface area contributed by atoms with Crippen molar-refractivity contribution in [1.29, 1.82) is 0 Å². The lowest BCUT2D eigenvalue weighted by Gasteiger charge is -2.28. The molecule has 0 spiro atoms. The van der Waals surface area contributed by atoms with Gasteiger partial charge < -0.3 is 5.32 Å². The molecule has 1 N–H and O–H groups in total. The molecule has 0 bridgehead atoms. The number of amides is 3. The maximum absolute atomic E-state index is 12.9. The molecule has 1 aromatic rings. The molecule has 2 heterocycles. The Kier molecular flexibility index (Phi) is 4.67. The number of urea groups is 1. The lowest BCUT2D eigenvalue weighted by atomic mass is 9.92. The molecule has 0 saturated carbocycles. The molecule has 3 amide bonds. The van der Waals surface area contributed by atoms with Crippen molar-refractivity contribution in [3.05, 3.63) is 34.3 Å². The molecule has 3 rings (SSSR count). The minimum atomic E-state index is -3.02. The fourth-order valence-electron chi connectivity index (χ4n) is 3.27. The summed E-state index contributed by atoms with van der Waals surface area (Å²) >= 11 is 3.35. The van der Waals surface area contributed by atoms with Crippen LogP contribution in [0.1, 0.15) is 18.9 Å². The van der Waals surface area contributed by atoms with Gasteiger partial charge >= 0.3 is 6.03 Å². The van der Waals surface area contributed by atoms with E-state index in [1.54, 1.807) is 31.0 Å². The Balaban J connectivity index is 1.76. The van der Waals surface area contributed by atoms with Gasteiger partial charge in [0.05, 0.1) is 18.2 Å². The van der Waals surface area contributed by atoms with E-state index in [9.17, 15) is 18.0 Å². The summed E-state index contributed by atoms with van der Waals surface area (Å²) in [6.07, 6.45) is 0.520. The first-order valence-corrected chi connectivity index (χ1v) is 10.5. The van der Waals surface area contributed by atoms with Crippen molar-refractivity contribution >= 4 is 37.7 Å². The van der Waals surface area contributed by atoms with Crippen molar-refractivity contribution in [3.8, 4) is 0 Å². The zero-order chi connectivity index (χ0) is 18.4. The second-order valence-corrected chi connectivity index (χ2v) is 9.89. The van der Waals surface area contributed by atoms with Crippen molar-refractivity contribution < 1.29 is 18.0 Å². The Hall–Kier alpha value is -1.45. The molecule has 2 fully saturated rings. The van der Waals surface area contributed by atoms with Crippen molar-refractivity contribution in [3.63, 3.8) is 0 Å². The molecule has 7 nitrogen and oxygen atoms in total. The number of carbonyl (C=O) groups excluding carboxylic acids is 2. The number of nitrogens with zero attached hydrogens (tertiary/aromatic N) is 2. The van der Waals surface area contributed by atoms with Crippen molar-refractivity contribution in [2.45, 2.75) is 24.9 Å². The molecule has 9 heteroatoms. The monoisotopic (exact) mass is 429 g/mol.